The Hall–Kier alpha value is -1.04. The highest BCUT2D eigenvalue weighted by molar-refractivity contribution is 5.81. The van der Waals surface area contributed by atoms with E-state index in [9.17, 15) is 4.79 Å². The molecule has 1 heterocycles. The average Bonchev–Trinajstić information content (AvgIpc) is 2.30. The van der Waals surface area contributed by atoms with Gasteiger partial charge in [-0.3, -0.25) is 4.79 Å². The van der Waals surface area contributed by atoms with Crippen molar-refractivity contribution < 1.29 is 4.79 Å². The Morgan fingerprint density at radius 3 is 2.38 bits per heavy atom. The van der Waals surface area contributed by atoms with Gasteiger partial charge in [0.05, 0.1) is 6.07 Å². The fraction of sp³-hybridized carbons (Fsp3) is 0.846. The molecule has 0 radical (unpaired) electrons. The van der Waals surface area contributed by atoms with Crippen molar-refractivity contribution >= 4 is 5.91 Å². The molecular formula is C13H22N2O. The number of nitriles is 1. The quantitative estimate of drug-likeness (QED) is 0.736. The molecule has 0 aromatic rings. The van der Waals surface area contributed by atoms with Gasteiger partial charge in [-0.15, -0.1) is 0 Å². The predicted molar refractivity (Wildman–Crippen MR) is 63.5 cm³/mol. The Bertz CT molecular complexity index is 272. The van der Waals surface area contributed by atoms with E-state index in [0.717, 1.165) is 31.8 Å². The summed E-state index contributed by atoms with van der Waals surface area (Å²) in [6, 6.07) is 2.09. The van der Waals surface area contributed by atoms with Crippen LogP contribution in [-0.4, -0.2) is 23.9 Å². The first-order valence-corrected chi connectivity index (χ1v) is 6.28. The number of carbonyl (C=O) groups is 1. The minimum atomic E-state index is -0.435. The van der Waals surface area contributed by atoms with Crippen molar-refractivity contribution in [3.8, 4) is 6.07 Å². The molecule has 3 heteroatoms. The molecule has 16 heavy (non-hydrogen) atoms. The molecule has 1 aliphatic heterocycles. The highest BCUT2D eigenvalue weighted by Crippen LogP contribution is 2.25. The zero-order valence-corrected chi connectivity index (χ0v) is 10.6. The van der Waals surface area contributed by atoms with Crippen molar-refractivity contribution in [1.82, 2.24) is 4.90 Å². The van der Waals surface area contributed by atoms with Gasteiger partial charge in [-0.25, -0.2) is 0 Å². The normalized spacial score (nSPS) is 19.6. The fourth-order valence-corrected chi connectivity index (χ4v) is 2.33. The molecule has 0 bridgehead atoms. The molecule has 3 nitrogen and oxygen atoms in total. The SMILES string of the molecule is CCC(C#N)C(=O)N1CCC(C(C)C)CC1. The molecule has 1 fully saturated rings. The van der Waals surface area contributed by atoms with Crippen molar-refractivity contribution in [3.05, 3.63) is 0 Å². The van der Waals surface area contributed by atoms with Gasteiger partial charge in [-0.2, -0.15) is 5.26 Å². The van der Waals surface area contributed by atoms with Crippen LogP contribution in [0.25, 0.3) is 0 Å². The molecule has 90 valence electrons. The number of carbonyl (C=O) groups excluding carboxylic acids is 1. The molecule has 1 atom stereocenters. The van der Waals surface area contributed by atoms with Crippen LogP contribution < -0.4 is 0 Å². The molecule has 0 N–H and O–H groups in total. The Morgan fingerprint density at radius 1 is 1.44 bits per heavy atom. The van der Waals surface area contributed by atoms with Gasteiger partial charge in [-0.1, -0.05) is 20.8 Å². The Balaban J connectivity index is 2.48. The van der Waals surface area contributed by atoms with Gasteiger partial charge in [0.15, 0.2) is 0 Å². The van der Waals surface area contributed by atoms with Crippen LogP contribution in [0.1, 0.15) is 40.0 Å². The molecule has 0 spiro atoms. The van der Waals surface area contributed by atoms with Crippen molar-refractivity contribution in [1.29, 1.82) is 5.26 Å². The van der Waals surface area contributed by atoms with E-state index in [1.807, 2.05) is 11.8 Å². The maximum Gasteiger partial charge on any atom is 0.239 e. The monoisotopic (exact) mass is 222 g/mol. The van der Waals surface area contributed by atoms with E-state index in [0.29, 0.717) is 12.3 Å². The van der Waals surface area contributed by atoms with Gasteiger partial charge in [0.25, 0.3) is 0 Å². The van der Waals surface area contributed by atoms with Gasteiger partial charge in [0.2, 0.25) is 5.91 Å². The second kappa shape index (κ2) is 5.89. The molecule has 0 aliphatic carbocycles. The van der Waals surface area contributed by atoms with Crippen LogP contribution in [0.15, 0.2) is 0 Å². The summed E-state index contributed by atoms with van der Waals surface area (Å²) in [5.74, 6) is 1.05. The van der Waals surface area contributed by atoms with Crippen LogP contribution in [0, 0.1) is 29.1 Å². The van der Waals surface area contributed by atoms with E-state index in [-0.39, 0.29) is 5.91 Å². The molecule has 0 saturated carbocycles. The third-order valence-corrected chi connectivity index (χ3v) is 3.66. The lowest BCUT2D eigenvalue weighted by Gasteiger charge is -2.34. The van der Waals surface area contributed by atoms with Crippen molar-refractivity contribution in [3.63, 3.8) is 0 Å². The second-order valence-electron chi connectivity index (χ2n) is 5.00. The molecule has 1 saturated heterocycles. The molecule has 0 aromatic heterocycles. The highest BCUT2D eigenvalue weighted by Gasteiger charge is 2.28. The number of rotatable bonds is 3. The molecule has 1 aliphatic rings. The maximum absolute atomic E-state index is 11.9. The van der Waals surface area contributed by atoms with E-state index in [2.05, 4.69) is 19.9 Å². The predicted octanol–water partition coefficient (Wildman–Crippen LogP) is 2.43. The van der Waals surface area contributed by atoms with Gasteiger partial charge < -0.3 is 4.90 Å². The Morgan fingerprint density at radius 2 is 2.00 bits per heavy atom. The van der Waals surface area contributed by atoms with E-state index in [1.165, 1.54) is 0 Å². The lowest BCUT2D eigenvalue weighted by molar-refractivity contribution is -0.135. The average molecular weight is 222 g/mol. The summed E-state index contributed by atoms with van der Waals surface area (Å²) in [7, 11) is 0. The number of hydrogen-bond acceptors (Lipinski definition) is 2. The number of nitrogens with zero attached hydrogens (tertiary/aromatic N) is 2. The van der Waals surface area contributed by atoms with E-state index in [4.69, 9.17) is 5.26 Å². The minimum Gasteiger partial charge on any atom is -0.342 e. The van der Waals surface area contributed by atoms with Crippen LogP contribution in [0.5, 0.6) is 0 Å². The van der Waals surface area contributed by atoms with Gasteiger partial charge in [0, 0.05) is 13.1 Å². The van der Waals surface area contributed by atoms with Crippen molar-refractivity contribution in [2.45, 2.75) is 40.0 Å². The topological polar surface area (TPSA) is 44.1 Å². The molecule has 1 unspecified atom stereocenters. The minimum absolute atomic E-state index is 0.0345. The van der Waals surface area contributed by atoms with Crippen LogP contribution in [0.3, 0.4) is 0 Å². The number of hydrogen-bond donors (Lipinski definition) is 0. The maximum atomic E-state index is 11.9. The Kier molecular flexibility index (Phi) is 4.79. The van der Waals surface area contributed by atoms with E-state index >= 15 is 0 Å². The molecular weight excluding hydrogens is 200 g/mol. The summed E-state index contributed by atoms with van der Waals surface area (Å²) in [5, 5.41) is 8.87. The van der Waals surface area contributed by atoms with Crippen LogP contribution in [0.4, 0.5) is 0 Å². The first kappa shape index (κ1) is 13.0. The Labute approximate surface area is 98.4 Å². The van der Waals surface area contributed by atoms with Crippen molar-refractivity contribution in [2.75, 3.05) is 13.1 Å². The number of likely N-dealkylation sites (tertiary alicyclic amines) is 1. The lowest BCUT2D eigenvalue weighted by Crippen LogP contribution is -2.42. The first-order chi connectivity index (χ1) is 7.60. The fourth-order valence-electron chi connectivity index (χ4n) is 2.33. The van der Waals surface area contributed by atoms with Crippen LogP contribution in [0.2, 0.25) is 0 Å². The summed E-state index contributed by atoms with van der Waals surface area (Å²) in [6.07, 6.45) is 2.80. The summed E-state index contributed by atoms with van der Waals surface area (Å²) in [4.78, 5) is 13.8. The first-order valence-electron chi connectivity index (χ1n) is 6.28. The van der Waals surface area contributed by atoms with Crippen LogP contribution in [-0.2, 0) is 4.79 Å². The van der Waals surface area contributed by atoms with Gasteiger partial charge >= 0.3 is 0 Å². The number of piperidine rings is 1. The number of amides is 1. The summed E-state index contributed by atoms with van der Waals surface area (Å²) >= 11 is 0. The zero-order chi connectivity index (χ0) is 12.1. The molecule has 0 aromatic carbocycles. The highest BCUT2D eigenvalue weighted by atomic mass is 16.2. The largest absolute Gasteiger partial charge is 0.342 e. The van der Waals surface area contributed by atoms with E-state index in [1.54, 1.807) is 0 Å². The van der Waals surface area contributed by atoms with E-state index < -0.39 is 5.92 Å². The molecule has 1 amide bonds. The third-order valence-electron chi connectivity index (χ3n) is 3.66. The summed E-state index contributed by atoms with van der Waals surface area (Å²) in [6.45, 7) is 8.05. The third kappa shape index (κ3) is 2.98. The van der Waals surface area contributed by atoms with Crippen molar-refractivity contribution in [2.24, 2.45) is 17.8 Å². The summed E-state index contributed by atoms with van der Waals surface area (Å²) in [5.41, 5.74) is 0. The van der Waals surface area contributed by atoms with Gasteiger partial charge in [-0.05, 0) is 31.1 Å². The lowest BCUT2D eigenvalue weighted by atomic mass is 9.86. The second-order valence-corrected chi connectivity index (χ2v) is 5.00. The standard InChI is InChI=1S/C13H22N2O/c1-4-11(9-14)13(16)15-7-5-12(6-8-15)10(2)3/h10-12H,4-8H2,1-3H3. The van der Waals surface area contributed by atoms with Gasteiger partial charge in [0.1, 0.15) is 5.92 Å². The summed E-state index contributed by atoms with van der Waals surface area (Å²) < 4.78 is 0. The zero-order valence-electron chi connectivity index (χ0n) is 10.6. The molecule has 1 rings (SSSR count). The van der Waals surface area contributed by atoms with Crippen LogP contribution >= 0.6 is 0 Å². The smallest absolute Gasteiger partial charge is 0.239 e.